The number of amides is 1. The number of nitrogens with zero attached hydrogens (tertiary/aromatic N) is 5. The zero-order valence-corrected chi connectivity index (χ0v) is 19.3. The molecule has 0 unspecified atom stereocenters. The highest BCUT2D eigenvalue weighted by atomic mass is 19.1. The lowest BCUT2D eigenvalue weighted by Gasteiger charge is -2.35. The van der Waals surface area contributed by atoms with Gasteiger partial charge in [0.25, 0.3) is 5.91 Å². The van der Waals surface area contributed by atoms with Crippen LogP contribution in [-0.4, -0.2) is 56.2 Å². The molecule has 5 rings (SSSR count). The van der Waals surface area contributed by atoms with Crippen molar-refractivity contribution in [2.45, 2.75) is 52.2 Å². The first-order chi connectivity index (χ1) is 15.8. The summed E-state index contributed by atoms with van der Waals surface area (Å²) >= 11 is 0. The number of aryl methyl sites for hydroxylation is 1. The summed E-state index contributed by atoms with van der Waals surface area (Å²) in [5, 5.41) is 15.0. The largest absolute Gasteiger partial charge is 0.391 e. The molecule has 7 nitrogen and oxygen atoms in total. The van der Waals surface area contributed by atoms with Gasteiger partial charge in [-0.15, -0.1) is 0 Å². The number of rotatable bonds is 3. The molecule has 0 saturated carbocycles. The third-order valence-corrected chi connectivity index (χ3v) is 7.10. The van der Waals surface area contributed by atoms with Crippen molar-refractivity contribution in [2.75, 3.05) is 24.5 Å². The fourth-order valence-corrected chi connectivity index (χ4v) is 5.10. The first kappa shape index (κ1) is 21.8. The van der Waals surface area contributed by atoms with Gasteiger partial charge >= 0.3 is 0 Å². The van der Waals surface area contributed by atoms with Gasteiger partial charge in [0.2, 0.25) is 0 Å². The number of aromatic nitrogens is 3. The van der Waals surface area contributed by atoms with E-state index in [-0.39, 0.29) is 29.8 Å². The Morgan fingerprint density at radius 3 is 2.79 bits per heavy atom. The maximum Gasteiger partial charge on any atom is 0.254 e. The molecular weight excluding hydrogens is 421 g/mol. The summed E-state index contributed by atoms with van der Waals surface area (Å²) in [6, 6.07) is 6.44. The smallest absolute Gasteiger partial charge is 0.254 e. The molecular formula is C25H30FN5O2. The zero-order valence-electron chi connectivity index (χ0n) is 19.3. The fraction of sp³-hybridized carbons (Fsp3) is 0.480. The van der Waals surface area contributed by atoms with Crippen molar-refractivity contribution in [2.24, 2.45) is 5.92 Å². The number of fused-ring (bicyclic) bond motifs is 1. The highest BCUT2D eigenvalue weighted by Crippen LogP contribution is 2.33. The number of hydrogen-bond acceptors (Lipinski definition) is 5. The van der Waals surface area contributed by atoms with Crippen molar-refractivity contribution in [3.8, 4) is 0 Å². The Bertz CT molecular complexity index is 1200. The Labute approximate surface area is 192 Å². The quantitative estimate of drug-likeness (QED) is 0.658. The molecule has 0 bridgehead atoms. The standard InChI is InChI=1S/C25H30FN5O2/c1-15-12-29(14-22(15)32)24-16(2)13-31-23(27-24)11-20(28-31)21-9-4-5-10-30(21)25(33)18-7-6-8-19(26)17(18)3/h6-8,11,13,15,21-22,32H,4-5,9-10,12,14H2,1-3H3/t15-,21+,22+/m1/s1. The average molecular weight is 452 g/mol. The van der Waals surface area contributed by atoms with Crippen LogP contribution in [-0.2, 0) is 0 Å². The van der Waals surface area contributed by atoms with E-state index in [0.29, 0.717) is 24.2 Å². The van der Waals surface area contributed by atoms with Gasteiger partial charge in [0.15, 0.2) is 5.65 Å². The number of β-amino-alcohol motifs (C(OH)–C–C–N with tert-alkyl or cyclic N) is 1. The van der Waals surface area contributed by atoms with Crippen LogP contribution in [0.4, 0.5) is 10.2 Å². The fourth-order valence-electron chi connectivity index (χ4n) is 5.10. The van der Waals surface area contributed by atoms with E-state index in [1.807, 2.05) is 31.0 Å². The summed E-state index contributed by atoms with van der Waals surface area (Å²) in [6.07, 6.45) is 4.34. The molecule has 2 aliphatic heterocycles. The van der Waals surface area contributed by atoms with Crippen molar-refractivity contribution in [1.29, 1.82) is 0 Å². The second-order valence-electron chi connectivity index (χ2n) is 9.49. The number of aliphatic hydroxyl groups is 1. The number of carbonyl (C=O) groups is 1. The second kappa shape index (κ2) is 8.41. The summed E-state index contributed by atoms with van der Waals surface area (Å²) in [7, 11) is 0. The lowest BCUT2D eigenvalue weighted by atomic mass is 9.97. The van der Waals surface area contributed by atoms with Crippen molar-refractivity contribution < 1.29 is 14.3 Å². The first-order valence-corrected chi connectivity index (χ1v) is 11.7. The van der Waals surface area contributed by atoms with E-state index in [4.69, 9.17) is 10.1 Å². The number of benzene rings is 1. The molecule has 8 heteroatoms. The van der Waals surface area contributed by atoms with E-state index in [9.17, 15) is 14.3 Å². The molecule has 1 amide bonds. The Morgan fingerprint density at radius 1 is 1.21 bits per heavy atom. The van der Waals surface area contributed by atoms with Crippen LogP contribution in [0.15, 0.2) is 30.5 Å². The molecule has 2 aliphatic rings. The molecule has 0 spiro atoms. The van der Waals surface area contributed by atoms with E-state index < -0.39 is 0 Å². The number of carbonyl (C=O) groups excluding carboxylic acids is 1. The summed E-state index contributed by atoms with van der Waals surface area (Å²) in [6.45, 7) is 7.66. The lowest BCUT2D eigenvalue weighted by molar-refractivity contribution is 0.0604. The van der Waals surface area contributed by atoms with Gasteiger partial charge in [0.1, 0.15) is 11.6 Å². The molecule has 2 fully saturated rings. The Balaban J connectivity index is 1.48. The van der Waals surface area contributed by atoms with Gasteiger partial charge in [-0.05, 0) is 50.8 Å². The molecule has 2 saturated heterocycles. The predicted molar refractivity (Wildman–Crippen MR) is 124 cm³/mol. The van der Waals surface area contributed by atoms with Gasteiger partial charge in [0, 0.05) is 48.9 Å². The van der Waals surface area contributed by atoms with Crippen molar-refractivity contribution in [3.05, 3.63) is 58.7 Å². The Hall–Kier alpha value is -3.00. The van der Waals surface area contributed by atoms with E-state index in [1.165, 1.54) is 6.07 Å². The van der Waals surface area contributed by atoms with Gasteiger partial charge in [-0.25, -0.2) is 13.9 Å². The van der Waals surface area contributed by atoms with E-state index in [2.05, 4.69) is 4.90 Å². The molecule has 1 aromatic carbocycles. The SMILES string of the molecule is Cc1cn2nc([C@@H]3CCCCN3C(=O)c3cccc(F)c3C)cc2nc1N1C[C@@H](C)[C@@H](O)C1. The van der Waals surface area contributed by atoms with Crippen LogP contribution in [0.2, 0.25) is 0 Å². The minimum absolute atomic E-state index is 0.154. The molecule has 0 radical (unpaired) electrons. The Kier molecular flexibility index (Phi) is 5.56. The van der Waals surface area contributed by atoms with E-state index in [0.717, 1.165) is 48.5 Å². The number of hydrogen-bond donors (Lipinski definition) is 1. The van der Waals surface area contributed by atoms with E-state index >= 15 is 0 Å². The van der Waals surface area contributed by atoms with Gasteiger partial charge in [0.05, 0.1) is 17.8 Å². The topological polar surface area (TPSA) is 74.0 Å². The van der Waals surface area contributed by atoms with Crippen LogP contribution in [0.1, 0.15) is 59.4 Å². The highest BCUT2D eigenvalue weighted by molar-refractivity contribution is 5.96. The lowest BCUT2D eigenvalue weighted by Crippen LogP contribution is -2.39. The highest BCUT2D eigenvalue weighted by Gasteiger charge is 2.33. The van der Waals surface area contributed by atoms with Crippen LogP contribution >= 0.6 is 0 Å². The molecule has 3 atom stereocenters. The van der Waals surface area contributed by atoms with Gasteiger partial charge in [-0.2, -0.15) is 5.10 Å². The summed E-state index contributed by atoms with van der Waals surface area (Å²) in [5.41, 5.74) is 3.30. The summed E-state index contributed by atoms with van der Waals surface area (Å²) in [4.78, 5) is 22.2. The second-order valence-corrected chi connectivity index (χ2v) is 9.49. The Morgan fingerprint density at radius 2 is 2.03 bits per heavy atom. The maximum absolute atomic E-state index is 14.1. The normalized spacial score (nSPS) is 23.5. The molecule has 33 heavy (non-hydrogen) atoms. The number of likely N-dealkylation sites (tertiary alicyclic amines) is 1. The minimum Gasteiger partial charge on any atom is -0.391 e. The van der Waals surface area contributed by atoms with Crippen LogP contribution in [0.5, 0.6) is 0 Å². The minimum atomic E-state index is -0.365. The monoisotopic (exact) mass is 451 g/mol. The number of piperidine rings is 1. The van der Waals surface area contributed by atoms with Gasteiger partial charge in [-0.1, -0.05) is 13.0 Å². The van der Waals surface area contributed by atoms with Crippen LogP contribution in [0.3, 0.4) is 0 Å². The third kappa shape index (κ3) is 3.86. The molecule has 1 N–H and O–H groups in total. The van der Waals surface area contributed by atoms with Crippen molar-refractivity contribution in [1.82, 2.24) is 19.5 Å². The van der Waals surface area contributed by atoms with E-state index in [1.54, 1.807) is 23.6 Å². The van der Waals surface area contributed by atoms with Crippen LogP contribution in [0.25, 0.3) is 5.65 Å². The zero-order chi connectivity index (χ0) is 23.3. The maximum atomic E-state index is 14.1. The van der Waals surface area contributed by atoms with Crippen LogP contribution < -0.4 is 4.90 Å². The van der Waals surface area contributed by atoms with Gasteiger partial charge < -0.3 is 14.9 Å². The van der Waals surface area contributed by atoms with Crippen LogP contribution in [0, 0.1) is 25.6 Å². The molecule has 174 valence electrons. The number of halogens is 1. The first-order valence-electron chi connectivity index (χ1n) is 11.7. The van der Waals surface area contributed by atoms with Crippen molar-refractivity contribution >= 4 is 17.4 Å². The molecule has 3 aromatic rings. The van der Waals surface area contributed by atoms with Gasteiger partial charge in [-0.3, -0.25) is 4.79 Å². The average Bonchev–Trinajstić information content (AvgIpc) is 3.36. The summed E-state index contributed by atoms with van der Waals surface area (Å²) < 4.78 is 15.9. The summed E-state index contributed by atoms with van der Waals surface area (Å²) in [5.74, 6) is 0.551. The molecule has 2 aromatic heterocycles. The third-order valence-electron chi connectivity index (χ3n) is 7.10. The molecule has 0 aliphatic carbocycles. The van der Waals surface area contributed by atoms with Crippen molar-refractivity contribution in [3.63, 3.8) is 0 Å². The number of aliphatic hydroxyl groups excluding tert-OH is 1. The predicted octanol–water partition coefficient (Wildman–Crippen LogP) is 3.67. The number of anilines is 1. The molecule has 4 heterocycles.